The number of nitro benzene ring substituents is 1. The van der Waals surface area contributed by atoms with Crippen LogP contribution in [0.25, 0.3) is 10.6 Å². The maximum absolute atomic E-state index is 13.5. The molecule has 37 heavy (non-hydrogen) atoms. The second-order valence-corrected chi connectivity index (χ2v) is 9.95. The van der Waals surface area contributed by atoms with E-state index >= 15 is 0 Å². The molecule has 2 heterocycles. The van der Waals surface area contributed by atoms with Crippen LogP contribution < -0.4 is 10.6 Å². The molecular formula is C26H24N4O5S2. The number of thiazole rings is 1. The van der Waals surface area contributed by atoms with Crippen LogP contribution in [0.2, 0.25) is 0 Å². The van der Waals surface area contributed by atoms with Gasteiger partial charge in [0.05, 0.1) is 28.6 Å². The lowest BCUT2D eigenvalue weighted by molar-refractivity contribution is -0.384. The fourth-order valence-corrected chi connectivity index (χ4v) is 5.34. The van der Waals surface area contributed by atoms with Crippen molar-refractivity contribution >= 4 is 40.4 Å². The highest BCUT2D eigenvalue weighted by Gasteiger charge is 2.27. The Morgan fingerprint density at radius 3 is 2.35 bits per heavy atom. The maximum Gasteiger partial charge on any atom is 0.407 e. The molecule has 0 unspecified atom stereocenters. The van der Waals surface area contributed by atoms with Gasteiger partial charge in [-0.05, 0) is 29.0 Å². The number of methoxy groups -OCH3 is 1. The van der Waals surface area contributed by atoms with E-state index in [1.54, 1.807) is 23.5 Å². The molecule has 2 aromatic heterocycles. The van der Waals surface area contributed by atoms with E-state index in [2.05, 4.69) is 10.6 Å². The predicted molar refractivity (Wildman–Crippen MR) is 143 cm³/mol. The van der Waals surface area contributed by atoms with Crippen LogP contribution in [0, 0.1) is 10.1 Å². The number of hydrogen-bond acceptors (Lipinski definition) is 8. The summed E-state index contributed by atoms with van der Waals surface area (Å²) in [7, 11) is 1.24. The van der Waals surface area contributed by atoms with Crippen molar-refractivity contribution in [2.45, 2.75) is 24.9 Å². The van der Waals surface area contributed by atoms with E-state index in [4.69, 9.17) is 9.72 Å². The van der Waals surface area contributed by atoms with Crippen LogP contribution in [-0.2, 0) is 22.4 Å². The minimum absolute atomic E-state index is 0.0104. The van der Waals surface area contributed by atoms with Gasteiger partial charge in [-0.3, -0.25) is 14.9 Å². The second kappa shape index (κ2) is 12.2. The molecule has 190 valence electrons. The first-order valence-electron chi connectivity index (χ1n) is 11.3. The van der Waals surface area contributed by atoms with E-state index < -0.39 is 29.0 Å². The SMILES string of the molecule is COC(=O)N[C@@H](Cc1ccccc1)C(=O)N[C@@H](Cc1ccc([N+](=O)[O-])cc1)c1nc(-c2cccs2)cs1. The van der Waals surface area contributed by atoms with Crippen LogP contribution in [0.4, 0.5) is 10.5 Å². The Labute approximate surface area is 221 Å². The summed E-state index contributed by atoms with van der Waals surface area (Å²) in [4.78, 5) is 41.8. The topological polar surface area (TPSA) is 123 Å². The second-order valence-electron chi connectivity index (χ2n) is 8.12. The lowest BCUT2D eigenvalue weighted by Gasteiger charge is -2.22. The molecule has 0 saturated carbocycles. The number of ether oxygens (including phenoxy) is 1. The van der Waals surface area contributed by atoms with Crippen molar-refractivity contribution in [1.82, 2.24) is 15.6 Å². The minimum atomic E-state index is -0.883. The van der Waals surface area contributed by atoms with Gasteiger partial charge in [0.15, 0.2) is 0 Å². The quantitative estimate of drug-likeness (QED) is 0.213. The molecule has 0 spiro atoms. The van der Waals surface area contributed by atoms with Gasteiger partial charge in [-0.25, -0.2) is 9.78 Å². The van der Waals surface area contributed by atoms with Crippen molar-refractivity contribution in [2.75, 3.05) is 7.11 Å². The number of nitrogens with zero attached hydrogens (tertiary/aromatic N) is 2. The molecule has 2 N–H and O–H groups in total. The third kappa shape index (κ3) is 6.99. The Hall–Kier alpha value is -4.09. The number of hydrogen-bond donors (Lipinski definition) is 2. The molecule has 2 amide bonds. The first-order valence-corrected chi connectivity index (χ1v) is 13.1. The van der Waals surface area contributed by atoms with Crippen molar-refractivity contribution in [1.29, 1.82) is 0 Å². The number of carbonyl (C=O) groups is 2. The summed E-state index contributed by atoms with van der Waals surface area (Å²) in [5.41, 5.74) is 2.47. The molecule has 11 heteroatoms. The molecule has 4 aromatic rings. The van der Waals surface area contributed by atoms with Crippen LogP contribution >= 0.6 is 22.7 Å². The molecule has 0 fully saturated rings. The highest BCUT2D eigenvalue weighted by atomic mass is 32.1. The van der Waals surface area contributed by atoms with Crippen molar-refractivity contribution < 1.29 is 19.2 Å². The number of alkyl carbamates (subject to hydrolysis) is 1. The van der Waals surface area contributed by atoms with Crippen molar-refractivity contribution in [3.05, 3.63) is 104 Å². The fourth-order valence-electron chi connectivity index (χ4n) is 3.71. The van der Waals surface area contributed by atoms with Gasteiger partial charge in [-0.2, -0.15) is 0 Å². The van der Waals surface area contributed by atoms with Crippen molar-refractivity contribution in [2.24, 2.45) is 0 Å². The smallest absolute Gasteiger partial charge is 0.407 e. The molecule has 4 rings (SSSR count). The van der Waals surface area contributed by atoms with E-state index in [1.165, 1.54) is 30.6 Å². The number of nitro groups is 1. The number of aromatic nitrogens is 1. The molecule has 2 aromatic carbocycles. The normalized spacial score (nSPS) is 12.4. The number of benzene rings is 2. The van der Waals surface area contributed by atoms with Crippen LogP contribution in [0.1, 0.15) is 22.2 Å². The molecule has 0 bridgehead atoms. The van der Waals surface area contributed by atoms with Gasteiger partial charge in [0.1, 0.15) is 11.0 Å². The molecule has 0 saturated heterocycles. The van der Waals surface area contributed by atoms with Crippen LogP contribution in [0.15, 0.2) is 77.5 Å². The molecule has 0 radical (unpaired) electrons. The summed E-state index contributed by atoms with van der Waals surface area (Å²) in [6, 6.07) is 18.1. The van der Waals surface area contributed by atoms with Gasteiger partial charge < -0.3 is 15.4 Å². The molecule has 2 atom stereocenters. The number of carbonyl (C=O) groups excluding carboxylic acids is 2. The van der Waals surface area contributed by atoms with Crippen LogP contribution in [0.5, 0.6) is 0 Å². The number of amides is 2. The Kier molecular flexibility index (Phi) is 8.60. The van der Waals surface area contributed by atoms with Gasteiger partial charge >= 0.3 is 6.09 Å². The van der Waals surface area contributed by atoms with Crippen LogP contribution in [-0.4, -0.2) is 35.1 Å². The van der Waals surface area contributed by atoms with Gasteiger partial charge in [0, 0.05) is 23.9 Å². The first-order chi connectivity index (χ1) is 17.9. The predicted octanol–water partition coefficient (Wildman–Crippen LogP) is 5.15. The number of non-ortho nitro benzene ring substituents is 1. The largest absolute Gasteiger partial charge is 0.453 e. The third-order valence-electron chi connectivity index (χ3n) is 5.57. The highest BCUT2D eigenvalue weighted by Crippen LogP contribution is 2.30. The summed E-state index contributed by atoms with van der Waals surface area (Å²) >= 11 is 2.99. The summed E-state index contributed by atoms with van der Waals surface area (Å²) in [5, 5.41) is 21.3. The number of rotatable bonds is 10. The van der Waals surface area contributed by atoms with E-state index in [9.17, 15) is 19.7 Å². The Morgan fingerprint density at radius 2 is 1.70 bits per heavy atom. The summed E-state index contributed by atoms with van der Waals surface area (Å²) in [6.07, 6.45) is -0.0842. The first kappa shape index (κ1) is 26.0. The molecular weight excluding hydrogens is 512 g/mol. The zero-order valence-corrected chi connectivity index (χ0v) is 21.5. The lowest BCUT2D eigenvalue weighted by Crippen LogP contribution is -2.49. The van der Waals surface area contributed by atoms with Gasteiger partial charge in [-0.1, -0.05) is 48.5 Å². The van der Waals surface area contributed by atoms with Crippen molar-refractivity contribution in [3.63, 3.8) is 0 Å². The molecule has 9 nitrogen and oxygen atoms in total. The average molecular weight is 537 g/mol. The summed E-state index contributed by atoms with van der Waals surface area (Å²) in [5.74, 6) is -0.394. The van der Waals surface area contributed by atoms with Gasteiger partial charge in [0.25, 0.3) is 5.69 Å². The Morgan fingerprint density at radius 1 is 0.973 bits per heavy atom. The van der Waals surface area contributed by atoms with E-state index in [-0.39, 0.29) is 12.1 Å². The van der Waals surface area contributed by atoms with E-state index in [0.717, 1.165) is 21.7 Å². The number of nitrogens with one attached hydrogen (secondary N) is 2. The maximum atomic E-state index is 13.5. The van der Waals surface area contributed by atoms with Crippen molar-refractivity contribution in [3.8, 4) is 10.6 Å². The Balaban J connectivity index is 1.60. The fraction of sp³-hybridized carbons (Fsp3) is 0.192. The zero-order chi connectivity index (χ0) is 26.2. The van der Waals surface area contributed by atoms with Gasteiger partial charge in [0.2, 0.25) is 5.91 Å². The molecule has 0 aliphatic rings. The van der Waals surface area contributed by atoms with Crippen LogP contribution in [0.3, 0.4) is 0 Å². The minimum Gasteiger partial charge on any atom is -0.453 e. The number of thiophene rings is 1. The molecule has 0 aliphatic heterocycles. The average Bonchev–Trinajstić information content (AvgIpc) is 3.61. The molecule has 0 aliphatic carbocycles. The summed E-state index contributed by atoms with van der Waals surface area (Å²) in [6.45, 7) is 0. The standard InChI is InChI=1S/C26H24N4O5S2/c1-35-26(32)29-20(14-17-6-3-2-4-7-17)24(31)27-21(15-18-9-11-19(12-10-18)30(33)34)25-28-22(16-37-25)23-8-5-13-36-23/h2-13,16,20-21H,14-15H2,1H3,(H,27,31)(H,29,32)/t20-,21-/m0/s1. The Bertz CT molecular complexity index is 1340. The zero-order valence-electron chi connectivity index (χ0n) is 19.8. The summed E-state index contributed by atoms with van der Waals surface area (Å²) < 4.78 is 4.73. The van der Waals surface area contributed by atoms with Gasteiger partial charge in [-0.15, -0.1) is 22.7 Å². The third-order valence-corrected chi connectivity index (χ3v) is 7.42. The highest BCUT2D eigenvalue weighted by molar-refractivity contribution is 7.14. The van der Waals surface area contributed by atoms with E-state index in [1.807, 2.05) is 53.2 Å². The lowest BCUT2D eigenvalue weighted by atomic mass is 10.0. The monoisotopic (exact) mass is 536 g/mol. The van der Waals surface area contributed by atoms with E-state index in [0.29, 0.717) is 11.4 Å².